The highest BCUT2D eigenvalue weighted by Gasteiger charge is 1.99. The lowest BCUT2D eigenvalue weighted by Gasteiger charge is -2.05. The first-order valence-electron chi connectivity index (χ1n) is 5.87. The largest absolute Gasteiger partial charge is 0.492 e. The average Bonchev–Trinajstić information content (AvgIpc) is 2.87. The van der Waals surface area contributed by atoms with Gasteiger partial charge >= 0.3 is 0 Å². The quantitative estimate of drug-likeness (QED) is 0.761. The fourth-order valence-electron chi connectivity index (χ4n) is 1.86. The van der Waals surface area contributed by atoms with Gasteiger partial charge in [-0.05, 0) is 23.8 Å². The molecule has 0 aliphatic heterocycles. The van der Waals surface area contributed by atoms with Crippen molar-refractivity contribution in [3.05, 3.63) is 54.5 Å². The van der Waals surface area contributed by atoms with Crippen molar-refractivity contribution in [2.75, 3.05) is 6.61 Å². The molecule has 0 radical (unpaired) electrons. The van der Waals surface area contributed by atoms with Gasteiger partial charge in [0.25, 0.3) is 0 Å². The van der Waals surface area contributed by atoms with Gasteiger partial charge in [0.15, 0.2) is 0 Å². The fourth-order valence-corrected chi connectivity index (χ4v) is 1.86. The topological polar surface area (TPSA) is 50.8 Å². The number of pyridine rings is 1. The molecule has 0 aliphatic rings. The van der Waals surface area contributed by atoms with E-state index in [1.54, 1.807) is 12.4 Å². The Hall–Kier alpha value is -2.36. The number of aromatic nitrogens is 3. The number of hydrogen-bond acceptors (Lipinski definition) is 3. The number of rotatable bonds is 4. The maximum absolute atomic E-state index is 5.62. The molecule has 2 aromatic heterocycles. The smallest absolute Gasteiger partial charge is 0.137 e. The summed E-state index contributed by atoms with van der Waals surface area (Å²) >= 11 is 0. The minimum Gasteiger partial charge on any atom is -0.492 e. The van der Waals surface area contributed by atoms with Crippen LogP contribution in [0.1, 0.15) is 5.56 Å². The number of benzene rings is 1. The fraction of sp³-hybridized carbons (Fsp3) is 0.143. The molecule has 1 aromatic carbocycles. The van der Waals surface area contributed by atoms with Gasteiger partial charge in [0, 0.05) is 18.0 Å². The number of fused-ring (bicyclic) bond motifs is 1. The number of nitrogens with one attached hydrogen (secondary N) is 1. The van der Waals surface area contributed by atoms with Crippen LogP contribution in [0.3, 0.4) is 0 Å². The van der Waals surface area contributed by atoms with E-state index in [-0.39, 0.29) is 0 Å². The summed E-state index contributed by atoms with van der Waals surface area (Å²) in [6.07, 6.45) is 6.15. The summed E-state index contributed by atoms with van der Waals surface area (Å²) in [5.74, 6) is 0.806. The summed E-state index contributed by atoms with van der Waals surface area (Å²) in [4.78, 5) is 4.01. The zero-order valence-electron chi connectivity index (χ0n) is 9.84. The van der Waals surface area contributed by atoms with E-state index in [1.165, 1.54) is 5.56 Å². The highest BCUT2D eigenvalue weighted by atomic mass is 16.5. The molecule has 0 aliphatic carbocycles. The van der Waals surface area contributed by atoms with Gasteiger partial charge in [0.1, 0.15) is 5.75 Å². The van der Waals surface area contributed by atoms with E-state index in [0.29, 0.717) is 6.61 Å². The second-order valence-electron chi connectivity index (χ2n) is 4.08. The highest BCUT2D eigenvalue weighted by Crippen LogP contribution is 2.14. The van der Waals surface area contributed by atoms with Gasteiger partial charge in [-0.3, -0.25) is 10.1 Å². The van der Waals surface area contributed by atoms with Crippen LogP contribution < -0.4 is 4.74 Å². The number of hydrogen-bond donors (Lipinski definition) is 1. The Morgan fingerprint density at radius 1 is 1.17 bits per heavy atom. The van der Waals surface area contributed by atoms with Crippen LogP contribution in [0.25, 0.3) is 10.9 Å². The monoisotopic (exact) mass is 239 g/mol. The van der Waals surface area contributed by atoms with Crippen molar-refractivity contribution in [3.63, 3.8) is 0 Å². The van der Waals surface area contributed by atoms with Crippen LogP contribution in [-0.4, -0.2) is 21.8 Å². The summed E-state index contributed by atoms with van der Waals surface area (Å²) in [6, 6.07) is 10.1. The summed E-state index contributed by atoms with van der Waals surface area (Å²) in [5.41, 5.74) is 2.30. The van der Waals surface area contributed by atoms with Crippen LogP contribution in [0.15, 0.2) is 48.9 Å². The molecule has 0 atom stereocenters. The molecule has 0 bridgehead atoms. The first-order valence-corrected chi connectivity index (χ1v) is 5.87. The molecular formula is C14H13N3O. The van der Waals surface area contributed by atoms with Crippen molar-refractivity contribution in [3.8, 4) is 5.75 Å². The van der Waals surface area contributed by atoms with E-state index >= 15 is 0 Å². The molecule has 3 rings (SSSR count). The van der Waals surface area contributed by atoms with Crippen molar-refractivity contribution >= 4 is 10.9 Å². The maximum Gasteiger partial charge on any atom is 0.137 e. The third kappa shape index (κ3) is 2.32. The molecule has 0 fully saturated rings. The minimum absolute atomic E-state index is 0.644. The second-order valence-corrected chi connectivity index (χ2v) is 4.08. The lowest BCUT2D eigenvalue weighted by Crippen LogP contribution is -2.01. The molecule has 3 aromatic rings. The average molecular weight is 239 g/mol. The Balaban J connectivity index is 1.62. The lowest BCUT2D eigenvalue weighted by molar-refractivity contribution is 0.320. The minimum atomic E-state index is 0.644. The van der Waals surface area contributed by atoms with Gasteiger partial charge in [0.05, 0.1) is 24.5 Å². The Morgan fingerprint density at radius 3 is 3.06 bits per heavy atom. The van der Waals surface area contributed by atoms with Gasteiger partial charge in [-0.2, -0.15) is 5.10 Å². The Morgan fingerprint density at radius 2 is 2.17 bits per heavy atom. The number of ether oxygens (including phenoxy) is 1. The molecule has 0 saturated carbocycles. The van der Waals surface area contributed by atoms with Crippen molar-refractivity contribution in [2.24, 2.45) is 0 Å². The van der Waals surface area contributed by atoms with Crippen LogP contribution in [0.2, 0.25) is 0 Å². The molecule has 0 saturated heterocycles. The van der Waals surface area contributed by atoms with Crippen molar-refractivity contribution in [1.29, 1.82) is 0 Å². The second kappa shape index (κ2) is 4.87. The zero-order chi connectivity index (χ0) is 12.2. The molecule has 1 N–H and O–H groups in total. The molecule has 0 unspecified atom stereocenters. The van der Waals surface area contributed by atoms with Gasteiger partial charge in [-0.25, -0.2) is 0 Å². The Bertz CT molecular complexity index is 634. The number of nitrogens with zero attached hydrogens (tertiary/aromatic N) is 2. The van der Waals surface area contributed by atoms with E-state index in [9.17, 15) is 0 Å². The number of aromatic amines is 1. The number of H-pyrrole nitrogens is 1. The summed E-state index contributed by atoms with van der Waals surface area (Å²) in [5, 5.41) is 8.10. The summed E-state index contributed by atoms with van der Waals surface area (Å²) in [6.45, 7) is 0.644. The SMILES string of the molecule is c1cncc(OCCc2ccc3cn[nH]c3c2)c1. The summed E-state index contributed by atoms with van der Waals surface area (Å²) in [7, 11) is 0. The first-order chi connectivity index (χ1) is 8.92. The van der Waals surface area contributed by atoms with Crippen molar-refractivity contribution < 1.29 is 4.74 Å². The summed E-state index contributed by atoms with van der Waals surface area (Å²) < 4.78 is 5.62. The molecule has 4 nitrogen and oxygen atoms in total. The van der Waals surface area contributed by atoms with Gasteiger partial charge in [-0.1, -0.05) is 12.1 Å². The zero-order valence-corrected chi connectivity index (χ0v) is 9.84. The molecule has 4 heteroatoms. The molecule has 0 amide bonds. The predicted molar refractivity (Wildman–Crippen MR) is 69.5 cm³/mol. The normalized spacial score (nSPS) is 10.7. The Labute approximate surface area is 105 Å². The van der Waals surface area contributed by atoms with Crippen LogP contribution >= 0.6 is 0 Å². The first kappa shape index (κ1) is 10.8. The predicted octanol–water partition coefficient (Wildman–Crippen LogP) is 2.58. The van der Waals surface area contributed by atoms with E-state index in [2.05, 4.69) is 33.4 Å². The molecular weight excluding hydrogens is 226 g/mol. The third-order valence-electron chi connectivity index (χ3n) is 2.80. The Kier molecular flexibility index (Phi) is 2.92. The van der Waals surface area contributed by atoms with E-state index < -0.39 is 0 Å². The maximum atomic E-state index is 5.62. The van der Waals surface area contributed by atoms with Crippen LogP contribution in [0.5, 0.6) is 5.75 Å². The van der Waals surface area contributed by atoms with E-state index in [1.807, 2.05) is 18.3 Å². The molecule has 0 spiro atoms. The standard InChI is InChI=1S/C14H13N3O/c1-2-13(10-15-6-1)18-7-5-11-3-4-12-9-16-17-14(12)8-11/h1-4,6,8-10H,5,7H2,(H,16,17). The van der Waals surface area contributed by atoms with E-state index in [0.717, 1.165) is 23.1 Å². The van der Waals surface area contributed by atoms with Crippen molar-refractivity contribution in [2.45, 2.75) is 6.42 Å². The lowest BCUT2D eigenvalue weighted by atomic mass is 10.1. The highest BCUT2D eigenvalue weighted by molar-refractivity contribution is 5.78. The van der Waals surface area contributed by atoms with Crippen LogP contribution in [0, 0.1) is 0 Å². The van der Waals surface area contributed by atoms with E-state index in [4.69, 9.17) is 4.74 Å². The van der Waals surface area contributed by atoms with Gasteiger partial charge < -0.3 is 4.74 Å². The molecule has 2 heterocycles. The van der Waals surface area contributed by atoms with Crippen LogP contribution in [0.4, 0.5) is 0 Å². The van der Waals surface area contributed by atoms with Crippen LogP contribution in [-0.2, 0) is 6.42 Å². The van der Waals surface area contributed by atoms with Crippen molar-refractivity contribution in [1.82, 2.24) is 15.2 Å². The van der Waals surface area contributed by atoms with Gasteiger partial charge in [-0.15, -0.1) is 0 Å². The van der Waals surface area contributed by atoms with Gasteiger partial charge in [0.2, 0.25) is 0 Å². The molecule has 18 heavy (non-hydrogen) atoms. The third-order valence-corrected chi connectivity index (χ3v) is 2.80. The molecule has 90 valence electrons.